The van der Waals surface area contributed by atoms with Crippen LogP contribution in [0, 0.1) is 5.82 Å². The summed E-state index contributed by atoms with van der Waals surface area (Å²) in [5.74, 6) is -0.446. The Morgan fingerprint density at radius 1 is 1.09 bits per heavy atom. The molecule has 0 radical (unpaired) electrons. The van der Waals surface area contributed by atoms with Crippen LogP contribution in [0.15, 0.2) is 54.6 Å². The van der Waals surface area contributed by atoms with Crippen LogP contribution in [0.25, 0.3) is 0 Å². The zero-order chi connectivity index (χ0) is 15.9. The highest BCUT2D eigenvalue weighted by Gasteiger charge is 2.17. The van der Waals surface area contributed by atoms with Gasteiger partial charge in [-0.15, -0.1) is 0 Å². The quantitative estimate of drug-likeness (QED) is 0.886. The van der Waals surface area contributed by atoms with Crippen LogP contribution in [0.2, 0.25) is 0 Å². The first-order valence-electron chi connectivity index (χ1n) is 7.31. The van der Waals surface area contributed by atoms with Gasteiger partial charge in [-0.1, -0.05) is 49.4 Å². The summed E-state index contributed by atoms with van der Waals surface area (Å²) in [6, 6.07) is 16.0. The standard InChI is InChI=1S/C18H20FNO2/c1-13(15-8-4-3-5-9-15)12-20-18(21)14(2)22-17-11-7-6-10-16(17)19/h3-11,13-14H,12H2,1-2H3,(H,20,21)/t13-,14-/m1/s1. The number of rotatable bonds is 6. The number of hydrogen-bond donors (Lipinski definition) is 1. The number of hydrogen-bond acceptors (Lipinski definition) is 2. The molecule has 0 bridgehead atoms. The molecule has 1 amide bonds. The molecular formula is C18H20FNO2. The van der Waals surface area contributed by atoms with E-state index in [1.54, 1.807) is 19.1 Å². The molecule has 0 unspecified atom stereocenters. The molecule has 0 aliphatic heterocycles. The Hall–Kier alpha value is -2.36. The van der Waals surface area contributed by atoms with Gasteiger partial charge in [-0.25, -0.2) is 4.39 Å². The van der Waals surface area contributed by atoms with E-state index >= 15 is 0 Å². The van der Waals surface area contributed by atoms with Gasteiger partial charge in [-0.2, -0.15) is 0 Å². The smallest absolute Gasteiger partial charge is 0.260 e. The van der Waals surface area contributed by atoms with Crippen molar-refractivity contribution in [3.05, 3.63) is 66.0 Å². The van der Waals surface area contributed by atoms with Gasteiger partial charge in [0.15, 0.2) is 17.7 Å². The van der Waals surface area contributed by atoms with E-state index in [4.69, 9.17) is 4.74 Å². The molecule has 4 heteroatoms. The third kappa shape index (κ3) is 4.32. The van der Waals surface area contributed by atoms with Gasteiger partial charge in [0, 0.05) is 6.54 Å². The highest BCUT2D eigenvalue weighted by molar-refractivity contribution is 5.80. The molecule has 116 valence electrons. The minimum atomic E-state index is -0.750. The lowest BCUT2D eigenvalue weighted by atomic mass is 10.0. The Balaban J connectivity index is 1.85. The zero-order valence-corrected chi connectivity index (χ0v) is 12.8. The van der Waals surface area contributed by atoms with E-state index in [2.05, 4.69) is 5.32 Å². The van der Waals surface area contributed by atoms with Crippen molar-refractivity contribution in [1.29, 1.82) is 0 Å². The third-order valence-corrected chi connectivity index (χ3v) is 3.46. The Bertz CT molecular complexity index is 615. The predicted molar refractivity (Wildman–Crippen MR) is 84.4 cm³/mol. The Morgan fingerprint density at radius 3 is 2.41 bits per heavy atom. The van der Waals surface area contributed by atoms with Crippen LogP contribution in [0.3, 0.4) is 0 Å². The topological polar surface area (TPSA) is 38.3 Å². The zero-order valence-electron chi connectivity index (χ0n) is 12.8. The van der Waals surface area contributed by atoms with Gasteiger partial charge in [0.2, 0.25) is 0 Å². The van der Waals surface area contributed by atoms with Gasteiger partial charge in [0.25, 0.3) is 5.91 Å². The van der Waals surface area contributed by atoms with E-state index in [9.17, 15) is 9.18 Å². The number of benzene rings is 2. The lowest BCUT2D eigenvalue weighted by molar-refractivity contribution is -0.127. The molecule has 2 aromatic rings. The van der Waals surface area contributed by atoms with Crippen LogP contribution in [-0.4, -0.2) is 18.6 Å². The van der Waals surface area contributed by atoms with Crippen LogP contribution >= 0.6 is 0 Å². The minimum Gasteiger partial charge on any atom is -0.478 e. The van der Waals surface area contributed by atoms with Gasteiger partial charge < -0.3 is 10.1 Å². The van der Waals surface area contributed by atoms with E-state index in [0.717, 1.165) is 5.56 Å². The number of nitrogens with one attached hydrogen (secondary N) is 1. The largest absolute Gasteiger partial charge is 0.478 e. The molecule has 0 saturated carbocycles. The first-order valence-corrected chi connectivity index (χ1v) is 7.31. The SMILES string of the molecule is C[C@H](CNC(=O)[C@@H](C)Oc1ccccc1F)c1ccccc1. The summed E-state index contributed by atoms with van der Waals surface area (Å²) in [7, 11) is 0. The molecule has 0 fully saturated rings. The van der Waals surface area contributed by atoms with Gasteiger partial charge in [0.1, 0.15) is 0 Å². The van der Waals surface area contributed by atoms with Crippen LogP contribution in [0.5, 0.6) is 5.75 Å². The summed E-state index contributed by atoms with van der Waals surface area (Å²) in [5, 5.41) is 2.83. The minimum absolute atomic E-state index is 0.0845. The maximum atomic E-state index is 13.5. The number of amides is 1. The second-order valence-electron chi connectivity index (χ2n) is 5.25. The fourth-order valence-corrected chi connectivity index (χ4v) is 2.08. The molecule has 3 nitrogen and oxygen atoms in total. The Kier molecular flexibility index (Phi) is 5.53. The molecule has 0 aliphatic carbocycles. The second kappa shape index (κ2) is 7.59. The first kappa shape index (κ1) is 16.0. The van der Waals surface area contributed by atoms with Crippen molar-refractivity contribution in [2.45, 2.75) is 25.9 Å². The number of ether oxygens (including phenoxy) is 1. The fraction of sp³-hybridized carbons (Fsp3) is 0.278. The molecule has 2 rings (SSSR count). The molecule has 0 aromatic heterocycles. The molecule has 0 saturated heterocycles. The van der Waals surface area contributed by atoms with Crippen molar-refractivity contribution in [3.63, 3.8) is 0 Å². The molecule has 0 aliphatic rings. The summed E-state index contributed by atoms with van der Waals surface area (Å²) >= 11 is 0. The monoisotopic (exact) mass is 301 g/mol. The summed E-state index contributed by atoms with van der Waals surface area (Å²) in [6.07, 6.45) is -0.750. The molecule has 0 heterocycles. The average molecular weight is 301 g/mol. The van der Waals surface area contributed by atoms with Gasteiger partial charge >= 0.3 is 0 Å². The van der Waals surface area contributed by atoms with Gasteiger partial charge in [0.05, 0.1) is 0 Å². The molecular weight excluding hydrogens is 281 g/mol. The number of halogens is 1. The molecule has 0 spiro atoms. The first-order chi connectivity index (χ1) is 10.6. The van der Waals surface area contributed by atoms with Crippen LogP contribution in [0.1, 0.15) is 25.3 Å². The maximum Gasteiger partial charge on any atom is 0.260 e. The summed E-state index contributed by atoms with van der Waals surface area (Å²) in [4.78, 5) is 12.0. The lowest BCUT2D eigenvalue weighted by Crippen LogP contribution is -2.38. The van der Waals surface area contributed by atoms with Crippen LogP contribution in [-0.2, 0) is 4.79 Å². The maximum absolute atomic E-state index is 13.5. The fourth-order valence-electron chi connectivity index (χ4n) is 2.08. The van der Waals surface area contributed by atoms with Gasteiger partial charge in [-0.05, 0) is 30.5 Å². The van der Waals surface area contributed by atoms with Gasteiger partial charge in [-0.3, -0.25) is 4.79 Å². The molecule has 22 heavy (non-hydrogen) atoms. The van der Waals surface area contributed by atoms with E-state index in [1.807, 2.05) is 37.3 Å². The number of carbonyl (C=O) groups excluding carboxylic acids is 1. The van der Waals surface area contributed by atoms with Crippen molar-refractivity contribution in [3.8, 4) is 5.75 Å². The van der Waals surface area contributed by atoms with Crippen LogP contribution < -0.4 is 10.1 Å². The van der Waals surface area contributed by atoms with E-state index in [-0.39, 0.29) is 17.6 Å². The average Bonchev–Trinajstić information content (AvgIpc) is 2.55. The van der Waals surface area contributed by atoms with E-state index < -0.39 is 11.9 Å². The molecule has 1 N–H and O–H groups in total. The lowest BCUT2D eigenvalue weighted by Gasteiger charge is -2.17. The number of para-hydroxylation sites is 1. The normalized spacial score (nSPS) is 13.2. The Labute approximate surface area is 130 Å². The second-order valence-corrected chi connectivity index (χ2v) is 5.25. The predicted octanol–water partition coefficient (Wildman–Crippen LogP) is 3.51. The highest BCUT2D eigenvalue weighted by Crippen LogP contribution is 2.17. The molecule has 2 atom stereocenters. The third-order valence-electron chi connectivity index (χ3n) is 3.46. The molecule has 2 aromatic carbocycles. The Morgan fingerprint density at radius 2 is 1.73 bits per heavy atom. The highest BCUT2D eigenvalue weighted by atomic mass is 19.1. The van der Waals surface area contributed by atoms with Crippen molar-refractivity contribution in [2.24, 2.45) is 0 Å². The summed E-state index contributed by atoms with van der Waals surface area (Å²) in [5.41, 5.74) is 1.16. The summed E-state index contributed by atoms with van der Waals surface area (Å²) in [6.45, 7) is 4.15. The van der Waals surface area contributed by atoms with E-state index in [1.165, 1.54) is 12.1 Å². The van der Waals surface area contributed by atoms with Crippen molar-refractivity contribution in [2.75, 3.05) is 6.54 Å². The van der Waals surface area contributed by atoms with E-state index in [0.29, 0.717) is 6.54 Å². The van der Waals surface area contributed by atoms with Crippen molar-refractivity contribution >= 4 is 5.91 Å². The summed E-state index contributed by atoms with van der Waals surface area (Å²) < 4.78 is 18.8. The van der Waals surface area contributed by atoms with Crippen LogP contribution in [0.4, 0.5) is 4.39 Å². The van der Waals surface area contributed by atoms with Crippen molar-refractivity contribution in [1.82, 2.24) is 5.32 Å². The number of carbonyl (C=O) groups is 1. The van der Waals surface area contributed by atoms with Crippen molar-refractivity contribution < 1.29 is 13.9 Å².